The van der Waals surface area contributed by atoms with Crippen LogP contribution in [0.15, 0.2) is 57.5 Å². The second-order valence-electron chi connectivity index (χ2n) is 5.31. The molecule has 0 aromatic heterocycles. The van der Waals surface area contributed by atoms with Gasteiger partial charge in [0.25, 0.3) is 5.91 Å². The summed E-state index contributed by atoms with van der Waals surface area (Å²) in [6.07, 6.45) is 2.21. The van der Waals surface area contributed by atoms with E-state index in [1.807, 2.05) is 41.3 Å². The van der Waals surface area contributed by atoms with Gasteiger partial charge in [-0.25, -0.2) is 0 Å². The van der Waals surface area contributed by atoms with Crippen LogP contribution in [-0.2, 0) is 6.54 Å². The van der Waals surface area contributed by atoms with Gasteiger partial charge in [-0.15, -0.1) is 0 Å². The predicted octanol–water partition coefficient (Wildman–Crippen LogP) is 5.02. The standard InChI is InChI=1S/C17H15Br2NO/c18-14-8-13(9-15(19)10-14)17(21)20(16-6-7-16)11-12-4-2-1-3-5-12/h1-5,8-10,16H,6-7,11H2. The van der Waals surface area contributed by atoms with Crippen molar-refractivity contribution in [2.75, 3.05) is 0 Å². The third-order valence-corrected chi connectivity index (χ3v) is 4.47. The number of benzene rings is 2. The molecule has 0 saturated heterocycles. The van der Waals surface area contributed by atoms with Gasteiger partial charge in [-0.3, -0.25) is 4.79 Å². The van der Waals surface area contributed by atoms with Crippen LogP contribution in [0.3, 0.4) is 0 Å². The van der Waals surface area contributed by atoms with Crippen LogP contribution in [0.5, 0.6) is 0 Å². The first kappa shape index (κ1) is 14.8. The lowest BCUT2D eigenvalue weighted by atomic mass is 10.1. The van der Waals surface area contributed by atoms with Crippen LogP contribution in [0, 0.1) is 0 Å². The van der Waals surface area contributed by atoms with Crippen molar-refractivity contribution in [3.05, 3.63) is 68.6 Å². The Morgan fingerprint density at radius 3 is 2.24 bits per heavy atom. The summed E-state index contributed by atoms with van der Waals surface area (Å²) >= 11 is 6.90. The summed E-state index contributed by atoms with van der Waals surface area (Å²) in [5.74, 6) is 0.100. The Hall–Kier alpha value is -1.13. The molecule has 2 nitrogen and oxygen atoms in total. The van der Waals surface area contributed by atoms with Gasteiger partial charge in [-0.1, -0.05) is 62.2 Å². The van der Waals surface area contributed by atoms with Gasteiger partial charge >= 0.3 is 0 Å². The fraction of sp³-hybridized carbons (Fsp3) is 0.235. The minimum Gasteiger partial charge on any atom is -0.331 e. The maximum absolute atomic E-state index is 12.8. The van der Waals surface area contributed by atoms with E-state index in [0.717, 1.165) is 27.4 Å². The molecule has 2 aromatic carbocycles. The highest BCUT2D eigenvalue weighted by molar-refractivity contribution is 9.11. The summed E-state index contributed by atoms with van der Waals surface area (Å²) in [7, 11) is 0. The van der Waals surface area contributed by atoms with Crippen molar-refractivity contribution < 1.29 is 4.79 Å². The average Bonchev–Trinajstić information content (AvgIpc) is 3.29. The zero-order chi connectivity index (χ0) is 14.8. The number of amides is 1. The van der Waals surface area contributed by atoms with Gasteiger partial charge in [0.2, 0.25) is 0 Å². The van der Waals surface area contributed by atoms with E-state index in [1.54, 1.807) is 0 Å². The van der Waals surface area contributed by atoms with E-state index < -0.39 is 0 Å². The number of carbonyl (C=O) groups is 1. The van der Waals surface area contributed by atoms with Crippen LogP contribution in [-0.4, -0.2) is 16.8 Å². The molecule has 0 aliphatic heterocycles. The molecule has 108 valence electrons. The molecule has 3 rings (SSSR count). The van der Waals surface area contributed by atoms with E-state index in [-0.39, 0.29) is 5.91 Å². The second-order valence-corrected chi connectivity index (χ2v) is 7.14. The van der Waals surface area contributed by atoms with Crippen LogP contribution in [0.25, 0.3) is 0 Å². The van der Waals surface area contributed by atoms with E-state index in [9.17, 15) is 4.79 Å². The molecule has 0 atom stereocenters. The van der Waals surface area contributed by atoms with Crippen molar-refractivity contribution in [2.24, 2.45) is 0 Å². The molecule has 1 aliphatic carbocycles. The first-order valence-electron chi connectivity index (χ1n) is 6.94. The summed E-state index contributed by atoms with van der Waals surface area (Å²) in [6, 6.07) is 16.3. The van der Waals surface area contributed by atoms with Crippen molar-refractivity contribution >= 4 is 37.8 Å². The molecule has 4 heteroatoms. The number of halogens is 2. The van der Waals surface area contributed by atoms with Crippen molar-refractivity contribution in [3.63, 3.8) is 0 Å². The van der Waals surface area contributed by atoms with Crippen molar-refractivity contribution in [2.45, 2.75) is 25.4 Å². The average molecular weight is 409 g/mol. The topological polar surface area (TPSA) is 20.3 Å². The predicted molar refractivity (Wildman–Crippen MR) is 91.2 cm³/mol. The highest BCUT2D eigenvalue weighted by Crippen LogP contribution is 2.31. The monoisotopic (exact) mass is 407 g/mol. The number of nitrogens with zero attached hydrogens (tertiary/aromatic N) is 1. The van der Waals surface area contributed by atoms with Crippen LogP contribution < -0.4 is 0 Å². The maximum atomic E-state index is 12.8. The zero-order valence-electron chi connectivity index (χ0n) is 11.4. The molecule has 0 N–H and O–H groups in total. The number of carbonyl (C=O) groups excluding carboxylic acids is 1. The molecule has 21 heavy (non-hydrogen) atoms. The van der Waals surface area contributed by atoms with E-state index in [2.05, 4.69) is 44.0 Å². The minimum atomic E-state index is 0.100. The van der Waals surface area contributed by atoms with Crippen molar-refractivity contribution in [3.8, 4) is 0 Å². The SMILES string of the molecule is O=C(c1cc(Br)cc(Br)c1)N(Cc1ccccc1)C1CC1. The van der Waals surface area contributed by atoms with E-state index in [4.69, 9.17) is 0 Å². The molecular formula is C17H15Br2NO. The van der Waals surface area contributed by atoms with Crippen LogP contribution in [0.2, 0.25) is 0 Å². The van der Waals surface area contributed by atoms with E-state index in [1.165, 1.54) is 5.56 Å². The maximum Gasteiger partial charge on any atom is 0.254 e. The van der Waals surface area contributed by atoms with Gasteiger partial charge in [-0.2, -0.15) is 0 Å². The normalized spacial score (nSPS) is 14.0. The minimum absolute atomic E-state index is 0.100. The number of hydrogen-bond donors (Lipinski definition) is 0. The van der Waals surface area contributed by atoms with E-state index >= 15 is 0 Å². The summed E-state index contributed by atoms with van der Waals surface area (Å²) in [4.78, 5) is 14.8. The smallest absolute Gasteiger partial charge is 0.254 e. The second kappa shape index (κ2) is 6.32. The fourth-order valence-corrected chi connectivity index (χ4v) is 3.67. The lowest BCUT2D eigenvalue weighted by Crippen LogP contribution is -2.32. The molecule has 1 fully saturated rings. The molecule has 0 radical (unpaired) electrons. The molecule has 0 bridgehead atoms. The fourth-order valence-electron chi connectivity index (χ4n) is 2.38. The highest BCUT2D eigenvalue weighted by Gasteiger charge is 2.33. The number of rotatable bonds is 4. The molecule has 0 unspecified atom stereocenters. The largest absolute Gasteiger partial charge is 0.331 e. The summed E-state index contributed by atoms with van der Waals surface area (Å²) in [5, 5.41) is 0. The Morgan fingerprint density at radius 2 is 1.67 bits per heavy atom. The Kier molecular flexibility index (Phi) is 4.45. The molecule has 1 amide bonds. The van der Waals surface area contributed by atoms with Crippen LogP contribution >= 0.6 is 31.9 Å². The Labute approximate surface area is 141 Å². The Morgan fingerprint density at radius 1 is 1.05 bits per heavy atom. The van der Waals surface area contributed by atoms with Crippen molar-refractivity contribution in [1.29, 1.82) is 0 Å². The first-order chi connectivity index (χ1) is 10.1. The third-order valence-electron chi connectivity index (χ3n) is 3.55. The molecule has 1 aliphatic rings. The van der Waals surface area contributed by atoms with Crippen LogP contribution in [0.4, 0.5) is 0 Å². The lowest BCUT2D eigenvalue weighted by Gasteiger charge is -2.23. The highest BCUT2D eigenvalue weighted by atomic mass is 79.9. The van der Waals surface area contributed by atoms with Gasteiger partial charge in [0.15, 0.2) is 0 Å². The van der Waals surface area contributed by atoms with E-state index in [0.29, 0.717) is 12.6 Å². The summed E-state index contributed by atoms with van der Waals surface area (Å²) in [5.41, 5.74) is 1.89. The molecule has 1 saturated carbocycles. The van der Waals surface area contributed by atoms with Gasteiger partial charge in [0.05, 0.1) is 0 Å². The van der Waals surface area contributed by atoms with Gasteiger partial charge in [-0.05, 0) is 36.6 Å². The van der Waals surface area contributed by atoms with Gasteiger partial charge in [0.1, 0.15) is 0 Å². The molecular weight excluding hydrogens is 394 g/mol. The van der Waals surface area contributed by atoms with Crippen molar-refractivity contribution in [1.82, 2.24) is 4.90 Å². The quantitative estimate of drug-likeness (QED) is 0.695. The Bertz CT molecular complexity index is 633. The van der Waals surface area contributed by atoms with Gasteiger partial charge < -0.3 is 4.90 Å². The van der Waals surface area contributed by atoms with Gasteiger partial charge in [0, 0.05) is 27.1 Å². The Balaban J connectivity index is 1.85. The molecule has 0 spiro atoms. The molecule has 0 heterocycles. The lowest BCUT2D eigenvalue weighted by molar-refractivity contribution is 0.0730. The molecule has 2 aromatic rings. The number of hydrogen-bond acceptors (Lipinski definition) is 1. The zero-order valence-corrected chi connectivity index (χ0v) is 14.6. The third kappa shape index (κ3) is 3.74. The first-order valence-corrected chi connectivity index (χ1v) is 8.53. The summed E-state index contributed by atoms with van der Waals surface area (Å²) in [6.45, 7) is 0.675. The van der Waals surface area contributed by atoms with Crippen LogP contribution in [0.1, 0.15) is 28.8 Å². The summed E-state index contributed by atoms with van der Waals surface area (Å²) < 4.78 is 1.83.